The molecule has 0 spiro atoms. The Bertz CT molecular complexity index is 1560. The van der Waals surface area contributed by atoms with Crippen LogP contribution in [-0.2, 0) is 26.3 Å². The van der Waals surface area contributed by atoms with Crippen molar-refractivity contribution in [3.8, 4) is 11.4 Å². The molecule has 4 aromatic rings. The number of rotatable bonds is 4. The Morgan fingerprint density at radius 2 is 1.72 bits per heavy atom. The van der Waals surface area contributed by atoms with Crippen LogP contribution < -0.4 is 5.73 Å². The molecule has 1 aliphatic rings. The second kappa shape index (κ2) is 7.26. The van der Waals surface area contributed by atoms with Gasteiger partial charge in [-0.15, -0.1) is 0 Å². The number of nitrogens with zero attached hydrogens (tertiary/aromatic N) is 2. The van der Waals surface area contributed by atoms with E-state index < -0.39 is 19.9 Å². The summed E-state index contributed by atoms with van der Waals surface area (Å²) in [5.41, 5.74) is 9.59. The number of hydrogen-bond acceptors (Lipinski definition) is 6. The van der Waals surface area contributed by atoms with Crippen molar-refractivity contribution < 1.29 is 16.8 Å². The normalized spacial score (nSPS) is 16.4. The van der Waals surface area contributed by atoms with E-state index in [0.717, 1.165) is 35.6 Å². The van der Waals surface area contributed by atoms with E-state index in [9.17, 15) is 16.8 Å². The standard InChI is InChI=1S/C23H21N3O4S2/c1-31(27,28)16-7-11-21(25-14-16)23-13-19-17-8-10-20(24)18(17)9-12-22(19)26(23)32(29,30)15-5-3-2-4-6-15/h2-7,9,11-14,20H,8,10,24H2,1H3/t20-/m1/s1. The van der Waals surface area contributed by atoms with Gasteiger partial charge in [-0.2, -0.15) is 0 Å². The summed E-state index contributed by atoms with van der Waals surface area (Å²) in [5.74, 6) is 0. The molecule has 0 saturated heterocycles. The van der Waals surface area contributed by atoms with E-state index in [0.29, 0.717) is 16.9 Å². The Balaban J connectivity index is 1.82. The molecule has 2 heterocycles. The highest BCUT2D eigenvalue weighted by Crippen LogP contribution is 2.39. The van der Waals surface area contributed by atoms with E-state index in [1.54, 1.807) is 36.4 Å². The molecule has 0 fully saturated rings. The van der Waals surface area contributed by atoms with Crippen LogP contribution in [0.4, 0.5) is 0 Å². The molecule has 2 aromatic carbocycles. The highest BCUT2D eigenvalue weighted by molar-refractivity contribution is 7.90. The van der Waals surface area contributed by atoms with E-state index >= 15 is 0 Å². The summed E-state index contributed by atoms with van der Waals surface area (Å²) in [4.78, 5) is 4.53. The third kappa shape index (κ3) is 3.24. The number of aryl methyl sites for hydroxylation is 1. The van der Waals surface area contributed by atoms with Crippen LogP contribution in [0.25, 0.3) is 22.3 Å². The minimum atomic E-state index is -3.94. The Morgan fingerprint density at radius 3 is 2.38 bits per heavy atom. The lowest BCUT2D eigenvalue weighted by Gasteiger charge is -2.13. The first kappa shape index (κ1) is 20.9. The molecule has 7 nitrogen and oxygen atoms in total. The van der Waals surface area contributed by atoms with E-state index in [1.165, 1.54) is 22.3 Å². The summed E-state index contributed by atoms with van der Waals surface area (Å²) < 4.78 is 52.4. The lowest BCUT2D eigenvalue weighted by molar-refractivity contribution is 0.589. The van der Waals surface area contributed by atoms with Gasteiger partial charge in [-0.1, -0.05) is 24.3 Å². The van der Waals surface area contributed by atoms with Gasteiger partial charge in [-0.05, 0) is 60.4 Å². The van der Waals surface area contributed by atoms with Gasteiger partial charge in [0.25, 0.3) is 10.0 Å². The predicted octanol–water partition coefficient (Wildman–Crippen LogP) is 3.29. The minimum Gasteiger partial charge on any atom is -0.324 e. The maximum Gasteiger partial charge on any atom is 0.268 e. The second-order valence-corrected chi connectivity index (χ2v) is 11.8. The van der Waals surface area contributed by atoms with Crippen molar-refractivity contribution in [2.75, 3.05) is 6.26 Å². The van der Waals surface area contributed by atoms with Gasteiger partial charge in [0.1, 0.15) is 0 Å². The summed E-state index contributed by atoms with van der Waals surface area (Å²) in [6.07, 6.45) is 3.93. The molecule has 0 radical (unpaired) electrons. The first-order chi connectivity index (χ1) is 15.2. The Kier molecular flexibility index (Phi) is 4.74. The Hall–Kier alpha value is -3.01. The van der Waals surface area contributed by atoms with Crippen LogP contribution in [0, 0.1) is 0 Å². The van der Waals surface area contributed by atoms with Crippen molar-refractivity contribution in [1.82, 2.24) is 8.96 Å². The maximum atomic E-state index is 13.7. The third-order valence-electron chi connectivity index (χ3n) is 5.90. The molecule has 2 N–H and O–H groups in total. The largest absolute Gasteiger partial charge is 0.324 e. The Labute approximate surface area is 186 Å². The smallest absolute Gasteiger partial charge is 0.268 e. The molecule has 5 rings (SSSR count). The molecule has 9 heteroatoms. The van der Waals surface area contributed by atoms with E-state index in [4.69, 9.17) is 5.73 Å². The van der Waals surface area contributed by atoms with Crippen molar-refractivity contribution >= 4 is 30.8 Å². The lowest BCUT2D eigenvalue weighted by atomic mass is 10.0. The summed E-state index contributed by atoms with van der Waals surface area (Å²) >= 11 is 0. The van der Waals surface area contributed by atoms with Crippen LogP contribution in [0.3, 0.4) is 0 Å². The average molecular weight is 468 g/mol. The zero-order valence-corrected chi connectivity index (χ0v) is 18.9. The van der Waals surface area contributed by atoms with Crippen LogP contribution >= 0.6 is 0 Å². The molecule has 0 saturated carbocycles. The molecule has 2 aromatic heterocycles. The summed E-state index contributed by atoms with van der Waals surface area (Å²) in [7, 11) is -7.37. The predicted molar refractivity (Wildman–Crippen MR) is 123 cm³/mol. The molecule has 0 aliphatic heterocycles. The number of sulfone groups is 1. The number of fused-ring (bicyclic) bond motifs is 3. The molecule has 32 heavy (non-hydrogen) atoms. The molecular weight excluding hydrogens is 446 g/mol. The van der Waals surface area contributed by atoms with Gasteiger partial charge in [0.2, 0.25) is 0 Å². The fraction of sp³-hybridized carbons (Fsp3) is 0.174. The minimum absolute atomic E-state index is 0.0703. The third-order valence-corrected chi connectivity index (χ3v) is 8.74. The van der Waals surface area contributed by atoms with E-state index in [1.807, 2.05) is 12.1 Å². The van der Waals surface area contributed by atoms with Crippen molar-refractivity contribution in [1.29, 1.82) is 0 Å². The summed E-state index contributed by atoms with van der Waals surface area (Å²) in [5, 5.41) is 0.818. The molecule has 0 bridgehead atoms. The summed E-state index contributed by atoms with van der Waals surface area (Å²) in [6, 6.07) is 16.6. The zero-order chi connectivity index (χ0) is 22.7. The van der Waals surface area contributed by atoms with Crippen LogP contribution in [0.15, 0.2) is 76.7 Å². The molecule has 0 amide bonds. The number of pyridine rings is 1. The average Bonchev–Trinajstić information content (AvgIpc) is 3.35. The first-order valence-corrected chi connectivity index (χ1v) is 13.4. The van der Waals surface area contributed by atoms with Crippen LogP contribution in [0.5, 0.6) is 0 Å². The van der Waals surface area contributed by atoms with Gasteiger partial charge in [-0.25, -0.2) is 20.8 Å². The van der Waals surface area contributed by atoms with Crippen molar-refractivity contribution in [3.05, 3.63) is 78.0 Å². The topological polar surface area (TPSA) is 112 Å². The number of benzene rings is 2. The van der Waals surface area contributed by atoms with Crippen molar-refractivity contribution in [2.24, 2.45) is 5.73 Å². The van der Waals surface area contributed by atoms with Crippen LogP contribution in [0.1, 0.15) is 23.6 Å². The molecule has 0 unspecified atom stereocenters. The monoisotopic (exact) mass is 467 g/mol. The Morgan fingerprint density at radius 1 is 0.969 bits per heavy atom. The van der Waals surface area contributed by atoms with Gasteiger partial charge in [0, 0.05) is 23.9 Å². The van der Waals surface area contributed by atoms with Crippen molar-refractivity contribution in [3.63, 3.8) is 0 Å². The zero-order valence-electron chi connectivity index (χ0n) is 17.3. The quantitative estimate of drug-likeness (QED) is 0.493. The highest BCUT2D eigenvalue weighted by atomic mass is 32.2. The number of nitrogens with two attached hydrogens (primary N) is 1. The summed E-state index contributed by atoms with van der Waals surface area (Å²) in [6.45, 7) is 0. The van der Waals surface area contributed by atoms with Gasteiger partial charge < -0.3 is 5.73 Å². The SMILES string of the molecule is CS(=O)(=O)c1ccc(-c2cc3c4c(ccc3n2S(=O)(=O)c2ccccc2)[C@H](N)CC4)nc1. The molecule has 1 aliphatic carbocycles. The van der Waals surface area contributed by atoms with E-state index in [-0.39, 0.29) is 15.8 Å². The fourth-order valence-corrected chi connectivity index (χ4v) is 6.39. The van der Waals surface area contributed by atoms with Gasteiger partial charge in [0.15, 0.2) is 9.84 Å². The number of hydrogen-bond donors (Lipinski definition) is 1. The molecular formula is C23H21N3O4S2. The van der Waals surface area contributed by atoms with Gasteiger partial charge >= 0.3 is 0 Å². The second-order valence-electron chi connectivity index (χ2n) is 7.97. The van der Waals surface area contributed by atoms with Gasteiger partial charge in [-0.3, -0.25) is 4.98 Å². The number of aromatic nitrogens is 2. The van der Waals surface area contributed by atoms with Crippen LogP contribution in [-0.4, -0.2) is 32.0 Å². The van der Waals surface area contributed by atoms with Gasteiger partial charge in [0.05, 0.1) is 26.7 Å². The van der Waals surface area contributed by atoms with Crippen LogP contribution in [0.2, 0.25) is 0 Å². The molecule has 164 valence electrons. The lowest BCUT2D eigenvalue weighted by Crippen LogP contribution is -2.14. The van der Waals surface area contributed by atoms with Crippen molar-refractivity contribution in [2.45, 2.75) is 28.7 Å². The molecule has 1 atom stereocenters. The highest BCUT2D eigenvalue weighted by Gasteiger charge is 2.28. The fourth-order valence-electron chi connectivity index (χ4n) is 4.30. The van der Waals surface area contributed by atoms with E-state index in [2.05, 4.69) is 4.98 Å². The maximum absolute atomic E-state index is 13.7. The first-order valence-electron chi connectivity index (χ1n) is 10.1.